The molecule has 2 aromatic rings. The minimum atomic E-state index is -0.672. The Labute approximate surface area is 284 Å². The first kappa shape index (κ1) is 36.4. The van der Waals surface area contributed by atoms with Crippen molar-refractivity contribution in [2.75, 3.05) is 27.2 Å². The predicted octanol–water partition coefficient (Wildman–Crippen LogP) is 7.06. The Morgan fingerprint density at radius 2 is 1.02 bits per heavy atom. The number of hydroxylamine groups is 2. The van der Waals surface area contributed by atoms with E-state index in [2.05, 4.69) is 23.9 Å². The van der Waals surface area contributed by atoms with Gasteiger partial charge in [-0.2, -0.15) is 0 Å². The summed E-state index contributed by atoms with van der Waals surface area (Å²) in [5.74, 6) is -2.22. The average molecular weight is 669 g/mol. The molecule has 0 aromatic heterocycles. The third kappa shape index (κ3) is 9.20. The maximum atomic E-state index is 13.8. The van der Waals surface area contributed by atoms with Gasteiger partial charge in [-0.15, -0.1) is 0 Å². The number of nitrogens with one attached hydrogen (secondary N) is 2. The van der Waals surface area contributed by atoms with Gasteiger partial charge >= 0.3 is 0 Å². The molecule has 10 heteroatoms. The first-order chi connectivity index (χ1) is 23.0. The molecule has 2 aliphatic carbocycles. The molecule has 4 N–H and O–H groups in total. The molecule has 2 heterocycles. The van der Waals surface area contributed by atoms with Crippen molar-refractivity contribution in [3.8, 4) is 0 Å². The van der Waals surface area contributed by atoms with Gasteiger partial charge in [-0.05, 0) is 137 Å². The molecule has 2 saturated carbocycles. The number of hydrogen-bond donors (Lipinski definition) is 4. The maximum Gasteiger partial charge on any atom is 0.274 e. The SMILES string of the molecule is CN1CC2(CCCCC2)CC[C@@H]1Cc1cc(F)cc(C(=O)NO)c1.CN1CC2(CCCCC2)CC[C@H]1Cc1cc(F)cc(C(=O)NO)c1. The molecule has 0 bridgehead atoms. The topological polar surface area (TPSA) is 105 Å². The quantitative estimate of drug-likeness (QED) is 0.194. The standard InChI is InChI=1S/2C19H27FN2O2/c2*1-22-13-19(6-3-2-4-7-19)8-5-17(22)11-14-9-15(18(23)21-24)12-16(20)10-14/h2*9-10,12,17,24H,2-8,11,13H2,1H3,(H,21,23)/t2*17-/m10/s1. The Balaban J connectivity index is 0.000000188. The van der Waals surface area contributed by atoms with Crippen LogP contribution in [0, 0.1) is 22.5 Å². The second-order valence-corrected chi connectivity index (χ2v) is 15.3. The van der Waals surface area contributed by atoms with E-state index in [0.717, 1.165) is 62.0 Å². The van der Waals surface area contributed by atoms with E-state index < -0.39 is 23.4 Å². The highest BCUT2D eigenvalue weighted by Gasteiger charge is 2.40. The van der Waals surface area contributed by atoms with Gasteiger partial charge in [0.15, 0.2) is 0 Å². The minimum absolute atomic E-state index is 0.162. The first-order valence-electron chi connectivity index (χ1n) is 17.9. The van der Waals surface area contributed by atoms with Crippen LogP contribution in [-0.4, -0.2) is 71.3 Å². The number of benzene rings is 2. The fourth-order valence-electron chi connectivity index (χ4n) is 9.27. The third-order valence-electron chi connectivity index (χ3n) is 11.8. The van der Waals surface area contributed by atoms with E-state index in [4.69, 9.17) is 10.4 Å². The summed E-state index contributed by atoms with van der Waals surface area (Å²) in [6.45, 7) is 2.24. The zero-order chi connectivity index (χ0) is 34.3. The van der Waals surface area contributed by atoms with Gasteiger partial charge in [-0.3, -0.25) is 20.0 Å². The van der Waals surface area contributed by atoms with Gasteiger partial charge in [0, 0.05) is 36.3 Å². The maximum absolute atomic E-state index is 13.8. The van der Waals surface area contributed by atoms with Gasteiger partial charge in [0.25, 0.3) is 11.8 Å². The fraction of sp³-hybridized carbons (Fsp3) is 0.632. The van der Waals surface area contributed by atoms with Gasteiger partial charge in [0.2, 0.25) is 0 Å². The molecule has 2 aromatic carbocycles. The zero-order valence-electron chi connectivity index (χ0n) is 28.7. The summed E-state index contributed by atoms with van der Waals surface area (Å²) in [5, 5.41) is 17.5. The van der Waals surface area contributed by atoms with E-state index in [1.807, 2.05) is 0 Å². The molecule has 2 amide bonds. The number of hydrogen-bond acceptors (Lipinski definition) is 6. The number of likely N-dealkylation sites (tertiary alicyclic amines) is 2. The molecular formula is C38H54F2N4O4. The van der Waals surface area contributed by atoms with Crippen LogP contribution in [0.1, 0.15) is 122 Å². The van der Waals surface area contributed by atoms with Crippen molar-refractivity contribution in [1.29, 1.82) is 0 Å². The van der Waals surface area contributed by atoms with Crippen molar-refractivity contribution < 1.29 is 28.8 Å². The summed E-state index contributed by atoms with van der Waals surface area (Å²) in [7, 11) is 4.33. The molecule has 8 nitrogen and oxygen atoms in total. The second-order valence-electron chi connectivity index (χ2n) is 15.3. The Bertz CT molecular complexity index is 1300. The number of piperidine rings is 2. The molecule has 0 radical (unpaired) electrons. The Morgan fingerprint density at radius 1 is 0.646 bits per heavy atom. The van der Waals surface area contributed by atoms with Crippen LogP contribution in [0.25, 0.3) is 0 Å². The van der Waals surface area contributed by atoms with Gasteiger partial charge in [0.05, 0.1) is 0 Å². The average Bonchev–Trinajstić information content (AvgIpc) is 3.07. The molecule has 2 spiro atoms. The summed E-state index contributed by atoms with van der Waals surface area (Å²) < 4.78 is 27.6. The van der Waals surface area contributed by atoms with Crippen LogP contribution in [0.15, 0.2) is 36.4 Å². The lowest BCUT2D eigenvalue weighted by molar-refractivity contribution is 0.0325. The highest BCUT2D eigenvalue weighted by atomic mass is 19.1. The fourth-order valence-corrected chi connectivity index (χ4v) is 9.27. The van der Waals surface area contributed by atoms with Gasteiger partial charge in [-0.25, -0.2) is 19.7 Å². The van der Waals surface area contributed by atoms with Crippen molar-refractivity contribution in [3.05, 3.63) is 70.3 Å². The van der Waals surface area contributed by atoms with Crippen molar-refractivity contribution in [1.82, 2.24) is 20.8 Å². The summed E-state index contributed by atoms with van der Waals surface area (Å²) in [5.41, 5.74) is 6.07. The van der Waals surface area contributed by atoms with Gasteiger partial charge in [-0.1, -0.05) is 38.5 Å². The lowest BCUT2D eigenvalue weighted by Crippen LogP contribution is -2.48. The number of nitrogens with zero attached hydrogens (tertiary/aromatic N) is 2. The van der Waals surface area contributed by atoms with E-state index in [1.165, 1.54) is 89.2 Å². The number of halogens is 2. The molecule has 2 saturated heterocycles. The highest BCUT2D eigenvalue weighted by Crippen LogP contribution is 2.45. The zero-order valence-corrected chi connectivity index (χ0v) is 28.7. The number of likely N-dealkylation sites (N-methyl/N-ethyl adjacent to an activating group) is 2. The molecule has 6 rings (SSSR count). The van der Waals surface area contributed by atoms with Crippen molar-refractivity contribution >= 4 is 11.8 Å². The van der Waals surface area contributed by atoms with Crippen molar-refractivity contribution in [2.45, 2.75) is 115 Å². The molecular weight excluding hydrogens is 614 g/mol. The third-order valence-corrected chi connectivity index (χ3v) is 11.8. The normalized spacial score (nSPS) is 24.0. The van der Waals surface area contributed by atoms with E-state index in [-0.39, 0.29) is 11.1 Å². The van der Waals surface area contributed by atoms with Crippen LogP contribution >= 0.6 is 0 Å². The number of amides is 2. The molecule has 2 atom stereocenters. The van der Waals surface area contributed by atoms with Crippen LogP contribution in [0.5, 0.6) is 0 Å². The number of rotatable bonds is 6. The summed E-state index contributed by atoms with van der Waals surface area (Å²) >= 11 is 0. The van der Waals surface area contributed by atoms with Crippen molar-refractivity contribution in [3.63, 3.8) is 0 Å². The Morgan fingerprint density at radius 3 is 1.35 bits per heavy atom. The van der Waals surface area contributed by atoms with Crippen LogP contribution in [0.3, 0.4) is 0 Å². The smallest absolute Gasteiger partial charge is 0.274 e. The first-order valence-corrected chi connectivity index (χ1v) is 17.9. The summed E-state index contributed by atoms with van der Waals surface area (Å²) in [6.07, 6.45) is 19.7. The lowest BCUT2D eigenvalue weighted by atomic mass is 9.68. The Kier molecular flexibility index (Phi) is 12.3. The summed E-state index contributed by atoms with van der Waals surface area (Å²) in [4.78, 5) is 27.9. The van der Waals surface area contributed by atoms with E-state index in [9.17, 15) is 18.4 Å². The molecule has 0 unspecified atom stereocenters. The molecule has 264 valence electrons. The minimum Gasteiger partial charge on any atom is -0.303 e. The van der Waals surface area contributed by atoms with Crippen LogP contribution < -0.4 is 11.0 Å². The van der Waals surface area contributed by atoms with Crippen LogP contribution in [-0.2, 0) is 12.8 Å². The Hall–Kier alpha value is -2.92. The number of carbonyl (C=O) groups is 2. The highest BCUT2D eigenvalue weighted by molar-refractivity contribution is 5.94. The number of carbonyl (C=O) groups excluding carboxylic acids is 2. The van der Waals surface area contributed by atoms with Gasteiger partial charge < -0.3 is 9.80 Å². The van der Waals surface area contributed by atoms with E-state index in [1.54, 1.807) is 23.1 Å². The molecule has 4 fully saturated rings. The summed E-state index contributed by atoms with van der Waals surface area (Å²) in [6, 6.07) is 9.39. The monoisotopic (exact) mass is 668 g/mol. The molecule has 48 heavy (non-hydrogen) atoms. The van der Waals surface area contributed by atoms with E-state index in [0.29, 0.717) is 22.9 Å². The van der Waals surface area contributed by atoms with E-state index >= 15 is 0 Å². The molecule has 2 aliphatic heterocycles. The largest absolute Gasteiger partial charge is 0.303 e. The predicted molar refractivity (Wildman–Crippen MR) is 181 cm³/mol. The lowest BCUT2D eigenvalue weighted by Gasteiger charge is -2.48. The van der Waals surface area contributed by atoms with Crippen LogP contribution in [0.4, 0.5) is 8.78 Å². The molecule has 4 aliphatic rings. The van der Waals surface area contributed by atoms with Crippen molar-refractivity contribution in [2.24, 2.45) is 10.8 Å². The second kappa shape index (κ2) is 16.2. The van der Waals surface area contributed by atoms with Crippen LogP contribution in [0.2, 0.25) is 0 Å². The van der Waals surface area contributed by atoms with Gasteiger partial charge in [0.1, 0.15) is 11.6 Å².